The molecular formula is C33H24N2O5S3. The van der Waals surface area contributed by atoms with Crippen molar-refractivity contribution in [2.75, 3.05) is 0 Å². The van der Waals surface area contributed by atoms with Gasteiger partial charge in [0.15, 0.2) is 6.29 Å². The average molecular weight is 625 g/mol. The lowest BCUT2D eigenvalue weighted by Gasteiger charge is -2.25. The van der Waals surface area contributed by atoms with Gasteiger partial charge in [-0.05, 0) is 81.4 Å². The number of carbonyl (C=O) groups excluding carboxylic acids is 2. The van der Waals surface area contributed by atoms with Crippen LogP contribution in [0.25, 0.3) is 16.6 Å². The summed E-state index contributed by atoms with van der Waals surface area (Å²) in [5, 5.41) is 19.5. The molecule has 0 fully saturated rings. The molecule has 6 aromatic rings. The fourth-order valence-electron chi connectivity index (χ4n) is 4.67. The van der Waals surface area contributed by atoms with E-state index >= 15 is 0 Å². The molecular weight excluding hydrogens is 601 g/mol. The highest BCUT2D eigenvalue weighted by Gasteiger charge is 2.48. The van der Waals surface area contributed by atoms with Crippen molar-refractivity contribution in [2.24, 2.45) is 0 Å². The van der Waals surface area contributed by atoms with Crippen molar-refractivity contribution < 1.29 is 24.2 Å². The molecule has 0 saturated carbocycles. The van der Waals surface area contributed by atoms with Crippen molar-refractivity contribution in [1.82, 2.24) is 8.75 Å². The Kier molecular flexibility index (Phi) is 8.52. The van der Waals surface area contributed by atoms with Crippen molar-refractivity contribution in [1.29, 1.82) is 0 Å². The van der Waals surface area contributed by atoms with E-state index in [2.05, 4.69) is 8.75 Å². The summed E-state index contributed by atoms with van der Waals surface area (Å²) in [5.41, 5.74) is 6.22. The van der Waals surface area contributed by atoms with E-state index in [1.165, 1.54) is 11.3 Å². The number of nitrogens with zero attached hydrogens (tertiary/aromatic N) is 2. The van der Waals surface area contributed by atoms with Crippen LogP contribution >= 0.6 is 34.4 Å². The third kappa shape index (κ3) is 6.32. The van der Waals surface area contributed by atoms with E-state index in [1.54, 1.807) is 41.7 Å². The molecule has 0 aliphatic carbocycles. The zero-order valence-corrected chi connectivity index (χ0v) is 25.0. The second-order valence-corrected chi connectivity index (χ2v) is 11.7. The Morgan fingerprint density at radius 3 is 2.33 bits per heavy atom. The van der Waals surface area contributed by atoms with Crippen LogP contribution in [0, 0.1) is 0 Å². The van der Waals surface area contributed by atoms with Gasteiger partial charge in [0.2, 0.25) is 0 Å². The number of fused-ring (bicyclic) bond motifs is 1. The Morgan fingerprint density at radius 1 is 0.860 bits per heavy atom. The molecule has 7 nitrogen and oxygen atoms in total. The van der Waals surface area contributed by atoms with Gasteiger partial charge in [0.05, 0.1) is 17.3 Å². The highest BCUT2D eigenvalue weighted by Crippen LogP contribution is 2.45. The van der Waals surface area contributed by atoms with Crippen molar-refractivity contribution in [3.05, 3.63) is 140 Å². The maximum absolute atomic E-state index is 13.2. The van der Waals surface area contributed by atoms with Gasteiger partial charge in [0.25, 0.3) is 5.79 Å². The molecule has 1 unspecified atom stereocenters. The zero-order chi connectivity index (χ0) is 29.6. The number of hydrogen-bond donors (Lipinski definition) is 1. The van der Waals surface area contributed by atoms with Gasteiger partial charge in [0, 0.05) is 28.5 Å². The molecule has 3 aromatic carbocycles. The van der Waals surface area contributed by atoms with E-state index in [-0.39, 0.29) is 0 Å². The largest absolute Gasteiger partial charge is 0.489 e. The number of cyclic esters (lactones) is 1. The molecule has 7 rings (SSSR count). The highest BCUT2D eigenvalue weighted by molar-refractivity contribution is 7.08. The van der Waals surface area contributed by atoms with Gasteiger partial charge in [-0.15, -0.1) is 0 Å². The maximum Gasteiger partial charge on any atom is 0.342 e. The Morgan fingerprint density at radius 2 is 1.63 bits per heavy atom. The number of ether oxygens (including phenoxy) is 2. The van der Waals surface area contributed by atoms with Gasteiger partial charge in [-0.25, -0.2) is 4.79 Å². The Bertz CT molecular complexity index is 1870. The summed E-state index contributed by atoms with van der Waals surface area (Å²) >= 11 is 4.21. The van der Waals surface area contributed by atoms with Gasteiger partial charge < -0.3 is 14.6 Å². The Balaban J connectivity index is 0.000000415. The van der Waals surface area contributed by atoms with Crippen LogP contribution in [0.3, 0.4) is 0 Å². The number of esters is 1. The predicted molar refractivity (Wildman–Crippen MR) is 169 cm³/mol. The van der Waals surface area contributed by atoms with E-state index in [1.807, 2.05) is 76.1 Å². The molecule has 0 radical (unpaired) electrons. The smallest absolute Gasteiger partial charge is 0.342 e. The van der Waals surface area contributed by atoms with E-state index in [0.717, 1.165) is 40.2 Å². The van der Waals surface area contributed by atoms with Crippen molar-refractivity contribution in [3.8, 4) is 5.75 Å². The van der Waals surface area contributed by atoms with E-state index < -0.39 is 11.8 Å². The number of hydrogen-bond acceptors (Lipinski definition) is 10. The van der Waals surface area contributed by atoms with Crippen LogP contribution in [0.5, 0.6) is 5.75 Å². The minimum Gasteiger partial charge on any atom is -0.489 e. The third-order valence-corrected chi connectivity index (χ3v) is 8.82. The van der Waals surface area contributed by atoms with E-state index in [0.29, 0.717) is 46.6 Å². The molecule has 214 valence electrons. The fourth-order valence-corrected chi connectivity index (χ4v) is 6.46. The van der Waals surface area contributed by atoms with Crippen molar-refractivity contribution in [3.63, 3.8) is 0 Å². The van der Waals surface area contributed by atoms with Gasteiger partial charge >= 0.3 is 5.97 Å². The topological polar surface area (TPSA) is 98.6 Å². The summed E-state index contributed by atoms with van der Waals surface area (Å²) < 4.78 is 20.1. The highest BCUT2D eigenvalue weighted by atomic mass is 32.1. The molecule has 0 spiro atoms. The van der Waals surface area contributed by atoms with E-state index in [4.69, 9.17) is 9.47 Å². The van der Waals surface area contributed by atoms with Crippen molar-refractivity contribution in [2.45, 2.75) is 18.8 Å². The molecule has 10 heteroatoms. The van der Waals surface area contributed by atoms with Crippen LogP contribution in [0.4, 0.5) is 0 Å². The maximum atomic E-state index is 13.2. The number of carbonyl (C=O) groups is 2. The van der Waals surface area contributed by atoms with Crippen LogP contribution in [-0.4, -0.2) is 26.1 Å². The number of rotatable bonds is 8. The van der Waals surface area contributed by atoms with E-state index in [9.17, 15) is 14.7 Å². The van der Waals surface area contributed by atoms with Crippen molar-refractivity contribution >= 4 is 63.3 Å². The van der Waals surface area contributed by atoms with Crippen LogP contribution in [0.2, 0.25) is 0 Å². The van der Waals surface area contributed by atoms with Crippen LogP contribution in [0.15, 0.2) is 112 Å². The number of benzene rings is 3. The lowest BCUT2D eigenvalue weighted by atomic mass is 9.88. The second-order valence-electron chi connectivity index (χ2n) is 9.64. The molecule has 1 atom stereocenters. The van der Waals surface area contributed by atoms with Gasteiger partial charge in [-0.3, -0.25) is 4.79 Å². The molecule has 1 N–H and O–H groups in total. The first kappa shape index (κ1) is 28.6. The summed E-state index contributed by atoms with van der Waals surface area (Å²) in [6.07, 6.45) is 1.21. The summed E-state index contributed by atoms with van der Waals surface area (Å²) in [6, 6.07) is 26.1. The molecule has 1 aliphatic rings. The first-order chi connectivity index (χ1) is 21.0. The normalized spacial score (nSPS) is 16.1. The average Bonchev–Trinajstić information content (AvgIpc) is 3.86. The predicted octanol–water partition coefficient (Wildman–Crippen LogP) is 7.29. The molecule has 0 saturated heterocycles. The Labute approximate surface area is 259 Å². The molecule has 0 bridgehead atoms. The van der Waals surface area contributed by atoms with Gasteiger partial charge in [-0.1, -0.05) is 36.4 Å². The monoisotopic (exact) mass is 624 g/mol. The quantitative estimate of drug-likeness (QED) is 0.140. The number of aromatic nitrogens is 2. The molecule has 3 aromatic heterocycles. The summed E-state index contributed by atoms with van der Waals surface area (Å²) in [5.74, 6) is -1.82. The zero-order valence-electron chi connectivity index (χ0n) is 22.6. The summed E-state index contributed by atoms with van der Waals surface area (Å²) in [6.45, 7) is 0.431. The molecule has 43 heavy (non-hydrogen) atoms. The fraction of sp³-hybridized carbons (Fsp3) is 0.0909. The molecule has 4 heterocycles. The Hall–Kier alpha value is -4.48. The summed E-state index contributed by atoms with van der Waals surface area (Å²) in [4.78, 5) is 23.1. The van der Waals surface area contributed by atoms with Crippen LogP contribution < -0.4 is 4.74 Å². The SMILES string of the molecule is O=C1OC(O)(c2ccc(OCc3ccccc3)cc2)C(Cc2ccsc2)=C1c1ccc2nsnc2c1.O=Cc1ccsc1. The number of aliphatic hydroxyl groups is 1. The first-order valence-electron chi connectivity index (χ1n) is 13.2. The van der Waals surface area contributed by atoms with Crippen LogP contribution in [-0.2, 0) is 28.3 Å². The first-order valence-corrected chi connectivity index (χ1v) is 15.8. The third-order valence-electron chi connectivity index (χ3n) is 6.83. The van der Waals surface area contributed by atoms with Gasteiger partial charge in [0.1, 0.15) is 23.4 Å². The lowest BCUT2D eigenvalue weighted by molar-refractivity contribution is -0.185. The number of aldehydes is 1. The summed E-state index contributed by atoms with van der Waals surface area (Å²) in [7, 11) is 0. The molecule has 0 amide bonds. The molecule has 1 aliphatic heterocycles. The minimum atomic E-state index is -1.90. The second kappa shape index (κ2) is 12.8. The van der Waals surface area contributed by atoms with Gasteiger partial charge in [-0.2, -0.15) is 31.4 Å². The standard InChI is InChI=1S/C28H20N2O4S2.C5H4OS/c31-27-26(20-6-11-24-25(15-20)30-36-29-24)23(14-19-12-13-35-17-19)28(32,34-27)21-7-9-22(10-8-21)33-16-18-4-2-1-3-5-18;6-3-5-1-2-7-4-5/h1-13,15,17,32H,14,16H2;1-4H. The minimum absolute atomic E-state index is 0.350. The lowest BCUT2D eigenvalue weighted by Crippen LogP contribution is -2.29. The van der Waals surface area contributed by atoms with Crippen LogP contribution in [0.1, 0.15) is 32.6 Å². The number of thiophene rings is 2.